The van der Waals surface area contributed by atoms with Crippen molar-refractivity contribution in [1.29, 1.82) is 0 Å². The third-order valence-electron chi connectivity index (χ3n) is 3.78. The molecule has 0 heterocycles. The molecule has 1 fully saturated rings. The summed E-state index contributed by atoms with van der Waals surface area (Å²) in [6.07, 6.45) is -3.03. The van der Waals surface area contributed by atoms with Crippen LogP contribution in [0.3, 0.4) is 0 Å². The first-order valence-electron chi connectivity index (χ1n) is 6.95. The lowest BCUT2D eigenvalue weighted by molar-refractivity contribution is -0.184. The minimum Gasteiger partial charge on any atom is -0.353 e. The predicted molar refractivity (Wildman–Crippen MR) is 70.0 cm³/mol. The molecule has 1 saturated carbocycles. The fraction of sp³-hybridized carbons (Fsp3) is 0.533. The molecular formula is C15H17F4NO. The lowest BCUT2D eigenvalue weighted by atomic mass is 9.85. The maximum absolute atomic E-state index is 12.7. The van der Waals surface area contributed by atoms with Gasteiger partial charge in [0.25, 0.3) is 0 Å². The van der Waals surface area contributed by atoms with Crippen molar-refractivity contribution in [2.75, 3.05) is 0 Å². The monoisotopic (exact) mass is 303 g/mol. The molecule has 0 spiro atoms. The van der Waals surface area contributed by atoms with Gasteiger partial charge in [0.2, 0.25) is 5.91 Å². The van der Waals surface area contributed by atoms with Crippen LogP contribution in [0.1, 0.15) is 31.2 Å². The Labute approximate surface area is 120 Å². The molecule has 0 aromatic heterocycles. The van der Waals surface area contributed by atoms with Gasteiger partial charge in [0, 0.05) is 6.04 Å². The Kier molecular flexibility index (Phi) is 4.85. The smallest absolute Gasteiger partial charge is 0.353 e. The van der Waals surface area contributed by atoms with E-state index in [1.165, 1.54) is 24.3 Å². The standard InChI is InChI=1S/C15H17F4NO/c16-12-6-4-10(5-7-12)8-14(21)20-13-3-1-2-11(9-13)15(17,18)19/h4-7,11,13H,1-3,8-9H2,(H,20,21). The third kappa shape index (κ3) is 4.72. The van der Waals surface area contributed by atoms with Crippen LogP contribution in [0.25, 0.3) is 0 Å². The molecule has 1 aliphatic rings. The Balaban J connectivity index is 1.86. The number of hydrogen-bond donors (Lipinski definition) is 1. The van der Waals surface area contributed by atoms with Gasteiger partial charge in [-0.3, -0.25) is 4.79 Å². The lowest BCUT2D eigenvalue weighted by Gasteiger charge is -2.31. The fourth-order valence-electron chi connectivity index (χ4n) is 2.68. The normalized spacial score (nSPS) is 22.9. The van der Waals surface area contributed by atoms with Gasteiger partial charge in [-0.05, 0) is 37.0 Å². The van der Waals surface area contributed by atoms with Crippen molar-refractivity contribution in [3.63, 3.8) is 0 Å². The van der Waals surface area contributed by atoms with Crippen molar-refractivity contribution in [3.8, 4) is 0 Å². The third-order valence-corrected chi connectivity index (χ3v) is 3.78. The van der Waals surface area contributed by atoms with Gasteiger partial charge in [-0.15, -0.1) is 0 Å². The van der Waals surface area contributed by atoms with Crippen LogP contribution in [-0.4, -0.2) is 18.1 Å². The number of carbonyl (C=O) groups excluding carboxylic acids is 1. The van der Waals surface area contributed by atoms with Gasteiger partial charge in [-0.1, -0.05) is 18.6 Å². The average Bonchev–Trinajstić information content (AvgIpc) is 2.41. The molecule has 1 aliphatic carbocycles. The predicted octanol–water partition coefficient (Wildman–Crippen LogP) is 3.61. The quantitative estimate of drug-likeness (QED) is 0.849. The summed E-state index contributed by atoms with van der Waals surface area (Å²) in [7, 11) is 0. The molecule has 2 nitrogen and oxygen atoms in total. The fourth-order valence-corrected chi connectivity index (χ4v) is 2.68. The summed E-state index contributed by atoms with van der Waals surface area (Å²) in [5, 5.41) is 2.65. The van der Waals surface area contributed by atoms with E-state index in [4.69, 9.17) is 0 Å². The van der Waals surface area contributed by atoms with E-state index in [0.717, 1.165) is 0 Å². The zero-order valence-electron chi connectivity index (χ0n) is 11.4. The van der Waals surface area contributed by atoms with Crippen LogP contribution in [0.4, 0.5) is 17.6 Å². The van der Waals surface area contributed by atoms with Crippen LogP contribution < -0.4 is 5.32 Å². The van der Waals surface area contributed by atoms with E-state index in [0.29, 0.717) is 18.4 Å². The number of carbonyl (C=O) groups is 1. The second kappa shape index (κ2) is 6.45. The molecule has 1 N–H and O–H groups in total. The maximum atomic E-state index is 12.7. The second-order valence-corrected chi connectivity index (χ2v) is 5.47. The Morgan fingerprint density at radius 3 is 2.48 bits per heavy atom. The zero-order valence-corrected chi connectivity index (χ0v) is 11.4. The molecule has 0 aliphatic heterocycles. The summed E-state index contributed by atoms with van der Waals surface area (Å²) in [5.74, 6) is -2.05. The first-order valence-corrected chi connectivity index (χ1v) is 6.95. The summed E-state index contributed by atoms with van der Waals surface area (Å²) in [6.45, 7) is 0. The highest BCUT2D eigenvalue weighted by Crippen LogP contribution is 2.37. The van der Waals surface area contributed by atoms with E-state index < -0.39 is 18.1 Å². The minimum atomic E-state index is -4.19. The number of benzene rings is 1. The molecule has 2 atom stereocenters. The molecule has 0 radical (unpaired) electrons. The van der Waals surface area contributed by atoms with Gasteiger partial charge < -0.3 is 5.32 Å². The van der Waals surface area contributed by atoms with Crippen LogP contribution in [-0.2, 0) is 11.2 Å². The number of hydrogen-bond acceptors (Lipinski definition) is 1. The first kappa shape index (κ1) is 15.8. The van der Waals surface area contributed by atoms with E-state index in [-0.39, 0.29) is 31.0 Å². The van der Waals surface area contributed by atoms with Gasteiger partial charge in [-0.2, -0.15) is 13.2 Å². The number of alkyl halides is 3. The molecular weight excluding hydrogens is 286 g/mol. The molecule has 116 valence electrons. The summed E-state index contributed by atoms with van der Waals surface area (Å²) in [4.78, 5) is 11.8. The van der Waals surface area contributed by atoms with Gasteiger partial charge in [0.05, 0.1) is 12.3 Å². The van der Waals surface area contributed by atoms with Crippen LogP contribution >= 0.6 is 0 Å². The first-order chi connectivity index (χ1) is 9.84. The van der Waals surface area contributed by atoms with Crippen LogP contribution in [0.2, 0.25) is 0 Å². The van der Waals surface area contributed by atoms with Gasteiger partial charge in [-0.25, -0.2) is 4.39 Å². The Bertz CT molecular complexity index is 483. The highest BCUT2D eigenvalue weighted by molar-refractivity contribution is 5.78. The zero-order chi connectivity index (χ0) is 15.5. The van der Waals surface area contributed by atoms with E-state index in [1.54, 1.807) is 0 Å². The van der Waals surface area contributed by atoms with Crippen molar-refractivity contribution in [2.45, 2.75) is 44.3 Å². The number of nitrogens with one attached hydrogen (secondary N) is 1. The molecule has 0 saturated heterocycles. The minimum absolute atomic E-state index is 0.0491. The van der Waals surface area contributed by atoms with Gasteiger partial charge in [0.1, 0.15) is 5.82 Å². The number of halogens is 4. The van der Waals surface area contributed by atoms with Crippen molar-refractivity contribution in [3.05, 3.63) is 35.6 Å². The lowest BCUT2D eigenvalue weighted by Crippen LogP contribution is -2.42. The number of rotatable bonds is 3. The highest BCUT2D eigenvalue weighted by atomic mass is 19.4. The van der Waals surface area contributed by atoms with E-state index in [2.05, 4.69) is 5.32 Å². The van der Waals surface area contributed by atoms with Gasteiger partial charge in [0.15, 0.2) is 0 Å². The number of amides is 1. The molecule has 1 amide bonds. The Hall–Kier alpha value is -1.59. The molecule has 0 bridgehead atoms. The molecule has 2 rings (SSSR count). The van der Waals surface area contributed by atoms with E-state index in [1.807, 2.05) is 0 Å². The van der Waals surface area contributed by atoms with Crippen LogP contribution in [0.5, 0.6) is 0 Å². The summed E-state index contributed by atoms with van der Waals surface area (Å²) >= 11 is 0. The SMILES string of the molecule is O=C(Cc1ccc(F)cc1)NC1CCCC(C(F)(F)F)C1. The Morgan fingerprint density at radius 2 is 1.86 bits per heavy atom. The van der Waals surface area contributed by atoms with Crippen LogP contribution in [0.15, 0.2) is 24.3 Å². The summed E-state index contributed by atoms with van der Waals surface area (Å²) in [5.41, 5.74) is 0.636. The second-order valence-electron chi connectivity index (χ2n) is 5.47. The maximum Gasteiger partial charge on any atom is 0.391 e. The van der Waals surface area contributed by atoms with Crippen molar-refractivity contribution in [1.82, 2.24) is 5.32 Å². The Morgan fingerprint density at radius 1 is 1.19 bits per heavy atom. The van der Waals surface area contributed by atoms with Crippen LogP contribution in [0, 0.1) is 11.7 Å². The van der Waals surface area contributed by atoms with Crippen molar-refractivity contribution in [2.24, 2.45) is 5.92 Å². The molecule has 1 aromatic rings. The summed E-state index contributed by atoms with van der Waals surface area (Å²) in [6, 6.07) is 5.06. The van der Waals surface area contributed by atoms with Gasteiger partial charge >= 0.3 is 6.18 Å². The highest BCUT2D eigenvalue weighted by Gasteiger charge is 2.42. The van der Waals surface area contributed by atoms with Crippen molar-refractivity contribution >= 4 is 5.91 Å². The molecule has 2 unspecified atom stereocenters. The molecule has 21 heavy (non-hydrogen) atoms. The topological polar surface area (TPSA) is 29.1 Å². The average molecular weight is 303 g/mol. The molecule has 1 aromatic carbocycles. The van der Waals surface area contributed by atoms with E-state index in [9.17, 15) is 22.4 Å². The van der Waals surface area contributed by atoms with E-state index >= 15 is 0 Å². The summed E-state index contributed by atoms with van der Waals surface area (Å²) < 4.78 is 50.8. The molecule has 6 heteroatoms. The van der Waals surface area contributed by atoms with Crippen molar-refractivity contribution < 1.29 is 22.4 Å². The largest absolute Gasteiger partial charge is 0.391 e.